The van der Waals surface area contributed by atoms with E-state index >= 15 is 0 Å². The number of thioether (sulfide) groups is 1. The number of amides is 1. The van der Waals surface area contributed by atoms with Crippen molar-refractivity contribution in [2.24, 2.45) is 0 Å². The lowest BCUT2D eigenvalue weighted by molar-refractivity contribution is -0.123. The zero-order valence-electron chi connectivity index (χ0n) is 9.14. The van der Waals surface area contributed by atoms with E-state index in [1.807, 2.05) is 25.1 Å². The molecular formula is C11H15N3OS. The molecule has 2 atom stereocenters. The average Bonchev–Trinajstić information content (AvgIpc) is 2.83. The smallest absolute Gasteiger partial charge is 0.238 e. The molecule has 1 aliphatic heterocycles. The summed E-state index contributed by atoms with van der Waals surface area (Å²) in [5.41, 5.74) is 0.890. The molecule has 86 valence electrons. The molecule has 1 unspecified atom stereocenters. The summed E-state index contributed by atoms with van der Waals surface area (Å²) in [6, 6.07) is 5.61. The van der Waals surface area contributed by atoms with Crippen LogP contribution < -0.4 is 10.6 Å². The fourth-order valence-corrected chi connectivity index (χ4v) is 2.53. The molecule has 0 bridgehead atoms. The van der Waals surface area contributed by atoms with Crippen molar-refractivity contribution >= 4 is 17.7 Å². The summed E-state index contributed by atoms with van der Waals surface area (Å²) in [5.74, 6) is 1.76. The van der Waals surface area contributed by atoms with Crippen molar-refractivity contribution < 1.29 is 4.79 Å². The maximum atomic E-state index is 11.8. The molecule has 1 amide bonds. The quantitative estimate of drug-likeness (QED) is 0.821. The number of nitrogens with one attached hydrogen (secondary N) is 2. The lowest BCUT2D eigenvalue weighted by Crippen LogP contribution is -2.43. The van der Waals surface area contributed by atoms with Crippen LogP contribution in [-0.2, 0) is 4.79 Å². The van der Waals surface area contributed by atoms with E-state index in [-0.39, 0.29) is 18.0 Å². The first-order valence-electron chi connectivity index (χ1n) is 5.30. The van der Waals surface area contributed by atoms with Crippen LogP contribution in [0, 0.1) is 0 Å². The summed E-state index contributed by atoms with van der Waals surface area (Å²) < 4.78 is 0. The van der Waals surface area contributed by atoms with Crippen molar-refractivity contribution in [1.82, 2.24) is 15.6 Å². The van der Waals surface area contributed by atoms with Crippen molar-refractivity contribution in [2.45, 2.75) is 19.0 Å². The van der Waals surface area contributed by atoms with E-state index in [2.05, 4.69) is 15.6 Å². The zero-order valence-corrected chi connectivity index (χ0v) is 9.96. The van der Waals surface area contributed by atoms with E-state index in [1.165, 1.54) is 0 Å². The highest BCUT2D eigenvalue weighted by molar-refractivity contribution is 7.99. The molecular weight excluding hydrogens is 222 g/mol. The molecule has 0 spiro atoms. The molecule has 2 heterocycles. The summed E-state index contributed by atoms with van der Waals surface area (Å²) in [6.07, 6.45) is 1.74. The van der Waals surface area contributed by atoms with Crippen molar-refractivity contribution in [3.05, 3.63) is 30.1 Å². The Balaban J connectivity index is 1.92. The number of rotatable bonds is 3. The highest BCUT2D eigenvalue weighted by Crippen LogP contribution is 2.12. The van der Waals surface area contributed by atoms with Gasteiger partial charge in [-0.15, -0.1) is 11.8 Å². The van der Waals surface area contributed by atoms with Crippen molar-refractivity contribution in [1.29, 1.82) is 0 Å². The summed E-state index contributed by atoms with van der Waals surface area (Å²) in [5, 5.41) is 6.10. The van der Waals surface area contributed by atoms with E-state index in [1.54, 1.807) is 18.0 Å². The van der Waals surface area contributed by atoms with Crippen molar-refractivity contribution in [3.63, 3.8) is 0 Å². The van der Waals surface area contributed by atoms with Gasteiger partial charge >= 0.3 is 0 Å². The minimum absolute atomic E-state index is 0.0406. The standard InChI is InChI=1S/C11H15N3OS/c1-8(9-4-2-3-5-12-9)14-11(15)10-6-16-7-13-10/h2-5,8,10,13H,6-7H2,1H3,(H,14,15)/t8-,10?/m1/s1. The summed E-state index contributed by atoms with van der Waals surface area (Å²) in [4.78, 5) is 16.0. The van der Waals surface area contributed by atoms with Crippen molar-refractivity contribution in [2.75, 3.05) is 11.6 Å². The molecule has 0 aromatic carbocycles. The van der Waals surface area contributed by atoms with Gasteiger partial charge in [0.05, 0.1) is 17.8 Å². The van der Waals surface area contributed by atoms with Gasteiger partial charge in [0.15, 0.2) is 0 Å². The van der Waals surface area contributed by atoms with E-state index in [0.717, 1.165) is 17.3 Å². The van der Waals surface area contributed by atoms with E-state index < -0.39 is 0 Å². The Morgan fingerprint density at radius 1 is 1.69 bits per heavy atom. The Kier molecular flexibility index (Phi) is 3.79. The Bertz CT molecular complexity index is 352. The van der Waals surface area contributed by atoms with Crippen molar-refractivity contribution in [3.8, 4) is 0 Å². The maximum Gasteiger partial charge on any atom is 0.238 e. The van der Waals surface area contributed by atoms with Gasteiger partial charge in [0, 0.05) is 17.8 Å². The first-order chi connectivity index (χ1) is 7.77. The molecule has 0 saturated carbocycles. The first kappa shape index (κ1) is 11.4. The summed E-state index contributed by atoms with van der Waals surface area (Å²) in [7, 11) is 0. The topological polar surface area (TPSA) is 54.0 Å². The van der Waals surface area contributed by atoms with Crippen LogP contribution in [0.3, 0.4) is 0 Å². The lowest BCUT2D eigenvalue weighted by atomic mass is 10.2. The fraction of sp³-hybridized carbons (Fsp3) is 0.455. The van der Waals surface area contributed by atoms with Gasteiger partial charge in [-0.05, 0) is 19.1 Å². The third-order valence-corrected chi connectivity index (χ3v) is 3.46. The van der Waals surface area contributed by atoms with Gasteiger partial charge < -0.3 is 5.32 Å². The first-order valence-corrected chi connectivity index (χ1v) is 6.45. The van der Waals surface area contributed by atoms with E-state index in [4.69, 9.17) is 0 Å². The number of carbonyl (C=O) groups excluding carboxylic acids is 1. The predicted molar refractivity (Wildman–Crippen MR) is 65.0 cm³/mol. The monoisotopic (exact) mass is 237 g/mol. The van der Waals surface area contributed by atoms with Gasteiger partial charge in [-0.1, -0.05) is 6.07 Å². The highest BCUT2D eigenvalue weighted by atomic mass is 32.2. The number of nitrogens with zero attached hydrogens (tertiary/aromatic N) is 1. The van der Waals surface area contributed by atoms with Crippen LogP contribution >= 0.6 is 11.8 Å². The molecule has 1 saturated heterocycles. The maximum absolute atomic E-state index is 11.8. The second-order valence-corrected chi connectivity index (χ2v) is 4.79. The third kappa shape index (κ3) is 2.74. The molecule has 2 N–H and O–H groups in total. The molecule has 5 heteroatoms. The van der Waals surface area contributed by atoms with Gasteiger partial charge in [0.2, 0.25) is 5.91 Å². The van der Waals surface area contributed by atoms with Crippen LogP contribution in [0.15, 0.2) is 24.4 Å². The van der Waals surface area contributed by atoms with Gasteiger partial charge in [0.1, 0.15) is 0 Å². The second-order valence-electron chi connectivity index (χ2n) is 3.76. The van der Waals surface area contributed by atoms with Gasteiger partial charge in [-0.25, -0.2) is 0 Å². The highest BCUT2D eigenvalue weighted by Gasteiger charge is 2.23. The van der Waals surface area contributed by atoms with E-state index in [0.29, 0.717) is 0 Å². The normalized spacial score (nSPS) is 21.7. The number of hydrogen-bond donors (Lipinski definition) is 2. The minimum atomic E-state index is -0.0591. The summed E-state index contributed by atoms with van der Waals surface area (Å²) in [6.45, 7) is 1.95. The molecule has 1 aromatic heterocycles. The zero-order chi connectivity index (χ0) is 11.4. The Labute approximate surface area is 99.2 Å². The predicted octanol–water partition coefficient (Wildman–Crippen LogP) is 0.921. The Morgan fingerprint density at radius 3 is 3.19 bits per heavy atom. The molecule has 16 heavy (non-hydrogen) atoms. The molecule has 1 aliphatic rings. The van der Waals surface area contributed by atoms with Crippen LogP contribution in [0.5, 0.6) is 0 Å². The molecule has 1 aromatic rings. The van der Waals surface area contributed by atoms with Crippen LogP contribution in [0.4, 0.5) is 0 Å². The van der Waals surface area contributed by atoms with Gasteiger partial charge in [0.25, 0.3) is 0 Å². The van der Waals surface area contributed by atoms with Crippen LogP contribution in [0.2, 0.25) is 0 Å². The minimum Gasteiger partial charge on any atom is -0.347 e. The van der Waals surface area contributed by atoms with Crippen LogP contribution in [0.25, 0.3) is 0 Å². The van der Waals surface area contributed by atoms with Crippen LogP contribution in [0.1, 0.15) is 18.7 Å². The molecule has 2 rings (SSSR count). The van der Waals surface area contributed by atoms with Gasteiger partial charge in [-0.2, -0.15) is 0 Å². The summed E-state index contributed by atoms with van der Waals surface area (Å²) >= 11 is 1.75. The van der Waals surface area contributed by atoms with Crippen LogP contribution in [-0.4, -0.2) is 28.6 Å². The SMILES string of the molecule is C[C@@H](NC(=O)C1CSCN1)c1ccccn1. The molecule has 4 nitrogen and oxygen atoms in total. The van der Waals surface area contributed by atoms with E-state index in [9.17, 15) is 4.79 Å². The molecule has 0 aliphatic carbocycles. The number of pyridine rings is 1. The molecule has 1 fully saturated rings. The third-order valence-electron chi connectivity index (χ3n) is 2.52. The number of hydrogen-bond acceptors (Lipinski definition) is 4. The number of carbonyl (C=O) groups is 1. The average molecular weight is 237 g/mol. The lowest BCUT2D eigenvalue weighted by Gasteiger charge is -2.16. The molecule has 0 radical (unpaired) electrons. The Morgan fingerprint density at radius 2 is 2.56 bits per heavy atom. The van der Waals surface area contributed by atoms with Gasteiger partial charge in [-0.3, -0.25) is 15.1 Å². The second kappa shape index (κ2) is 5.32. The fourth-order valence-electron chi connectivity index (χ4n) is 1.58. The largest absolute Gasteiger partial charge is 0.347 e. The Hall–Kier alpha value is -1.07. The number of aromatic nitrogens is 1.